The fraction of sp³-hybridized carbons (Fsp3) is 0.412. The second-order valence-electron chi connectivity index (χ2n) is 6.13. The summed E-state index contributed by atoms with van der Waals surface area (Å²) in [5, 5.41) is 4.25. The molecule has 2 aliphatic carbocycles. The normalized spacial score (nSPS) is 27.0. The lowest BCUT2D eigenvalue weighted by Gasteiger charge is -2.21. The van der Waals surface area contributed by atoms with Gasteiger partial charge < -0.3 is 4.74 Å². The van der Waals surface area contributed by atoms with Crippen LogP contribution >= 0.6 is 0 Å². The molecule has 2 bridgehead atoms. The third kappa shape index (κ3) is 2.35. The third-order valence-electron chi connectivity index (χ3n) is 4.77. The Hall–Kier alpha value is -2.10. The van der Waals surface area contributed by atoms with E-state index in [4.69, 9.17) is 4.74 Å². The first-order valence-electron chi connectivity index (χ1n) is 7.60. The topological polar surface area (TPSA) is 44.1 Å². The van der Waals surface area contributed by atoms with Crippen LogP contribution in [0.3, 0.4) is 0 Å². The van der Waals surface area contributed by atoms with Gasteiger partial charge in [-0.25, -0.2) is 9.48 Å². The van der Waals surface area contributed by atoms with E-state index in [9.17, 15) is 4.79 Å². The SMILES string of the molecule is O=C(OC1CC2CCC1C2)c1cnn(-c2ccccc2)c1. The summed E-state index contributed by atoms with van der Waals surface area (Å²) in [6.07, 6.45) is 8.25. The monoisotopic (exact) mass is 282 g/mol. The molecular weight excluding hydrogens is 264 g/mol. The number of esters is 1. The lowest BCUT2D eigenvalue weighted by Crippen LogP contribution is -2.23. The molecule has 4 rings (SSSR count). The molecule has 0 N–H and O–H groups in total. The number of benzene rings is 1. The molecule has 1 heterocycles. The van der Waals surface area contributed by atoms with Gasteiger partial charge in [0.2, 0.25) is 0 Å². The maximum atomic E-state index is 12.2. The molecule has 0 aliphatic heterocycles. The number of carbonyl (C=O) groups excluding carboxylic acids is 1. The van der Waals surface area contributed by atoms with Crippen LogP contribution in [0.1, 0.15) is 36.0 Å². The van der Waals surface area contributed by atoms with Gasteiger partial charge in [-0.15, -0.1) is 0 Å². The van der Waals surface area contributed by atoms with Crippen LogP contribution in [0.4, 0.5) is 0 Å². The van der Waals surface area contributed by atoms with Crippen molar-refractivity contribution in [3.63, 3.8) is 0 Å². The van der Waals surface area contributed by atoms with Crippen LogP contribution in [0.5, 0.6) is 0 Å². The number of hydrogen-bond donors (Lipinski definition) is 0. The zero-order valence-electron chi connectivity index (χ0n) is 11.8. The number of aromatic nitrogens is 2. The highest BCUT2D eigenvalue weighted by molar-refractivity contribution is 5.89. The molecular formula is C17H18N2O2. The van der Waals surface area contributed by atoms with Gasteiger partial charge in [0.1, 0.15) is 6.10 Å². The Kier molecular flexibility index (Phi) is 3.02. The van der Waals surface area contributed by atoms with E-state index >= 15 is 0 Å². The Balaban J connectivity index is 1.47. The van der Waals surface area contributed by atoms with Crippen molar-refractivity contribution in [2.24, 2.45) is 11.8 Å². The van der Waals surface area contributed by atoms with Crippen molar-refractivity contribution in [1.29, 1.82) is 0 Å². The molecule has 3 unspecified atom stereocenters. The summed E-state index contributed by atoms with van der Waals surface area (Å²) in [6.45, 7) is 0. The molecule has 2 aromatic rings. The second-order valence-corrected chi connectivity index (χ2v) is 6.13. The lowest BCUT2D eigenvalue weighted by atomic mass is 9.98. The van der Waals surface area contributed by atoms with Crippen LogP contribution in [-0.4, -0.2) is 21.9 Å². The number of para-hydroxylation sites is 1. The van der Waals surface area contributed by atoms with Gasteiger partial charge in [-0.2, -0.15) is 5.10 Å². The van der Waals surface area contributed by atoms with Crippen molar-refractivity contribution in [2.75, 3.05) is 0 Å². The zero-order valence-corrected chi connectivity index (χ0v) is 11.8. The molecule has 0 saturated heterocycles. The van der Waals surface area contributed by atoms with Crippen LogP contribution in [0.25, 0.3) is 5.69 Å². The molecule has 4 nitrogen and oxygen atoms in total. The summed E-state index contributed by atoms with van der Waals surface area (Å²) in [6, 6.07) is 9.77. The summed E-state index contributed by atoms with van der Waals surface area (Å²) in [5.74, 6) is 1.12. The van der Waals surface area contributed by atoms with Gasteiger partial charge in [0.05, 0.1) is 17.4 Å². The molecule has 3 atom stereocenters. The number of carbonyl (C=O) groups is 1. The van der Waals surface area contributed by atoms with Crippen molar-refractivity contribution < 1.29 is 9.53 Å². The summed E-state index contributed by atoms with van der Waals surface area (Å²) < 4.78 is 7.39. The molecule has 1 aromatic heterocycles. The summed E-state index contributed by atoms with van der Waals surface area (Å²) >= 11 is 0. The molecule has 0 amide bonds. The van der Waals surface area contributed by atoms with E-state index in [1.807, 2.05) is 30.3 Å². The molecule has 108 valence electrons. The number of fused-ring (bicyclic) bond motifs is 2. The highest BCUT2D eigenvalue weighted by Crippen LogP contribution is 2.46. The average Bonchev–Trinajstić information content (AvgIpc) is 3.24. The predicted molar refractivity (Wildman–Crippen MR) is 78.2 cm³/mol. The van der Waals surface area contributed by atoms with Gasteiger partial charge in [-0.05, 0) is 49.7 Å². The van der Waals surface area contributed by atoms with Crippen molar-refractivity contribution in [3.8, 4) is 5.69 Å². The van der Waals surface area contributed by atoms with Crippen molar-refractivity contribution >= 4 is 5.97 Å². The average molecular weight is 282 g/mol. The van der Waals surface area contributed by atoms with Gasteiger partial charge >= 0.3 is 5.97 Å². The molecule has 2 saturated carbocycles. The first-order valence-corrected chi connectivity index (χ1v) is 7.60. The highest BCUT2D eigenvalue weighted by atomic mass is 16.5. The van der Waals surface area contributed by atoms with Crippen molar-refractivity contribution in [2.45, 2.75) is 31.8 Å². The van der Waals surface area contributed by atoms with E-state index in [2.05, 4.69) is 5.10 Å². The zero-order chi connectivity index (χ0) is 14.2. The Labute approximate surface area is 123 Å². The molecule has 2 fully saturated rings. The first-order chi connectivity index (χ1) is 10.3. The van der Waals surface area contributed by atoms with Crippen molar-refractivity contribution in [3.05, 3.63) is 48.3 Å². The number of ether oxygens (including phenoxy) is 1. The first kappa shape index (κ1) is 12.6. The highest BCUT2D eigenvalue weighted by Gasteiger charge is 2.41. The van der Waals surface area contributed by atoms with Gasteiger partial charge in [-0.1, -0.05) is 18.2 Å². The molecule has 21 heavy (non-hydrogen) atoms. The maximum absolute atomic E-state index is 12.2. The van der Waals surface area contributed by atoms with Crippen LogP contribution in [0.15, 0.2) is 42.7 Å². The smallest absolute Gasteiger partial charge is 0.341 e. The molecule has 4 heteroatoms. The van der Waals surface area contributed by atoms with Gasteiger partial charge in [-0.3, -0.25) is 0 Å². The van der Waals surface area contributed by atoms with E-state index in [1.165, 1.54) is 19.3 Å². The van der Waals surface area contributed by atoms with Gasteiger partial charge in [0, 0.05) is 6.20 Å². The third-order valence-corrected chi connectivity index (χ3v) is 4.77. The van der Waals surface area contributed by atoms with Crippen LogP contribution in [0.2, 0.25) is 0 Å². The summed E-state index contributed by atoms with van der Waals surface area (Å²) in [4.78, 5) is 12.2. The number of nitrogens with zero attached hydrogens (tertiary/aromatic N) is 2. The van der Waals surface area contributed by atoms with E-state index in [-0.39, 0.29) is 12.1 Å². The molecule has 0 spiro atoms. The fourth-order valence-electron chi connectivity index (χ4n) is 3.69. The van der Waals surface area contributed by atoms with E-state index in [0.717, 1.165) is 18.0 Å². The van der Waals surface area contributed by atoms with Crippen molar-refractivity contribution in [1.82, 2.24) is 9.78 Å². The Morgan fingerprint density at radius 1 is 1.19 bits per heavy atom. The largest absolute Gasteiger partial charge is 0.458 e. The van der Waals surface area contributed by atoms with E-state index < -0.39 is 0 Å². The van der Waals surface area contributed by atoms with Crippen LogP contribution < -0.4 is 0 Å². The molecule has 2 aliphatic rings. The fourth-order valence-corrected chi connectivity index (χ4v) is 3.69. The van der Waals surface area contributed by atoms with E-state index in [1.54, 1.807) is 17.1 Å². The Morgan fingerprint density at radius 2 is 2.05 bits per heavy atom. The maximum Gasteiger partial charge on any atom is 0.341 e. The standard InChI is InChI=1S/C17H18N2O2/c20-17(21-16-9-12-6-7-13(16)8-12)14-10-18-19(11-14)15-4-2-1-3-5-15/h1-5,10-13,16H,6-9H2. The summed E-state index contributed by atoms with van der Waals surface area (Å²) in [7, 11) is 0. The Bertz CT molecular complexity index is 650. The minimum Gasteiger partial charge on any atom is -0.458 e. The minimum absolute atomic E-state index is 0.122. The van der Waals surface area contributed by atoms with Crippen LogP contribution in [-0.2, 0) is 4.74 Å². The van der Waals surface area contributed by atoms with Gasteiger partial charge in [0.15, 0.2) is 0 Å². The van der Waals surface area contributed by atoms with Gasteiger partial charge in [0.25, 0.3) is 0 Å². The predicted octanol–water partition coefficient (Wildman–Crippen LogP) is 3.22. The molecule has 1 aromatic carbocycles. The summed E-state index contributed by atoms with van der Waals surface area (Å²) in [5.41, 5.74) is 1.47. The van der Waals surface area contributed by atoms with Crippen LogP contribution in [0, 0.1) is 11.8 Å². The number of hydrogen-bond acceptors (Lipinski definition) is 3. The quantitative estimate of drug-likeness (QED) is 0.812. The Morgan fingerprint density at radius 3 is 2.76 bits per heavy atom. The second kappa shape index (κ2) is 5.02. The minimum atomic E-state index is -0.241. The lowest BCUT2D eigenvalue weighted by molar-refractivity contribution is 0.0158. The number of rotatable bonds is 3. The molecule has 0 radical (unpaired) electrons. The van der Waals surface area contributed by atoms with E-state index in [0.29, 0.717) is 11.5 Å².